The van der Waals surface area contributed by atoms with E-state index in [0.717, 1.165) is 0 Å². The van der Waals surface area contributed by atoms with Crippen LogP contribution < -0.4 is 5.32 Å². The van der Waals surface area contributed by atoms with Crippen LogP contribution in [0.15, 0.2) is 24.3 Å². The Morgan fingerprint density at radius 2 is 2.12 bits per heavy atom. The van der Waals surface area contributed by atoms with E-state index in [0.29, 0.717) is 11.3 Å². The van der Waals surface area contributed by atoms with Gasteiger partial charge in [-0.3, -0.25) is 4.79 Å². The van der Waals surface area contributed by atoms with Gasteiger partial charge in [-0.25, -0.2) is 0 Å². The topological polar surface area (TPSA) is 104 Å². The molecule has 0 unspecified atom stereocenters. The molecule has 1 amide bonds. The predicted molar refractivity (Wildman–Crippen MR) is 52.2 cm³/mol. The van der Waals surface area contributed by atoms with Gasteiger partial charge in [0.2, 0.25) is 11.4 Å². The quantitative estimate of drug-likeness (QED) is 0.591. The molecule has 1 atom stereocenters. The van der Waals surface area contributed by atoms with E-state index in [9.17, 15) is 9.90 Å². The number of para-hydroxylation sites is 1. The lowest BCUT2D eigenvalue weighted by Crippen LogP contribution is -2.36. The van der Waals surface area contributed by atoms with Crippen molar-refractivity contribution in [1.29, 1.82) is 0 Å². The van der Waals surface area contributed by atoms with Crippen LogP contribution in [0, 0.1) is 0 Å². The number of fused-ring (bicyclic) bond motifs is 1. The Bertz CT molecular complexity index is 553. The summed E-state index contributed by atoms with van der Waals surface area (Å²) in [6.07, 6.45) is 0. The Balaban J connectivity index is 2.25. The number of nitrogens with zero attached hydrogens (tertiary/aromatic N) is 3. The molecule has 2 heterocycles. The molecular weight excluding hydrogens is 210 g/mol. The van der Waals surface area contributed by atoms with Gasteiger partial charge < -0.3 is 10.4 Å². The Labute approximate surface area is 89.5 Å². The van der Waals surface area contributed by atoms with Crippen molar-refractivity contribution in [3.05, 3.63) is 35.7 Å². The third kappa shape index (κ3) is 0.947. The van der Waals surface area contributed by atoms with E-state index < -0.39 is 11.5 Å². The number of hydrogen-bond acceptors (Lipinski definition) is 5. The molecule has 1 aromatic heterocycles. The summed E-state index contributed by atoms with van der Waals surface area (Å²) in [4.78, 5) is 11.8. The van der Waals surface area contributed by atoms with Crippen molar-refractivity contribution < 1.29 is 9.90 Å². The van der Waals surface area contributed by atoms with E-state index in [1.54, 1.807) is 24.3 Å². The molecule has 1 aliphatic heterocycles. The van der Waals surface area contributed by atoms with Gasteiger partial charge in [0.05, 0.1) is 0 Å². The number of aliphatic hydroxyl groups is 1. The summed E-state index contributed by atoms with van der Waals surface area (Å²) in [5, 5.41) is 25.8. The third-order valence-electron chi connectivity index (χ3n) is 2.56. The molecule has 7 nitrogen and oxygen atoms in total. The van der Waals surface area contributed by atoms with Gasteiger partial charge >= 0.3 is 0 Å². The molecular formula is C9H7N5O2. The average molecular weight is 217 g/mol. The lowest BCUT2D eigenvalue weighted by atomic mass is 9.95. The van der Waals surface area contributed by atoms with Crippen LogP contribution >= 0.6 is 0 Å². The van der Waals surface area contributed by atoms with Gasteiger partial charge in [-0.2, -0.15) is 5.21 Å². The second kappa shape index (κ2) is 2.86. The van der Waals surface area contributed by atoms with Crippen molar-refractivity contribution in [2.24, 2.45) is 0 Å². The first kappa shape index (κ1) is 8.98. The minimum Gasteiger partial charge on any atom is -0.369 e. The van der Waals surface area contributed by atoms with Gasteiger partial charge in [-0.05, 0) is 6.07 Å². The van der Waals surface area contributed by atoms with Crippen molar-refractivity contribution in [2.75, 3.05) is 5.32 Å². The Kier molecular flexibility index (Phi) is 1.61. The fourth-order valence-corrected chi connectivity index (χ4v) is 1.78. The van der Waals surface area contributed by atoms with Crippen molar-refractivity contribution in [1.82, 2.24) is 20.6 Å². The molecule has 0 saturated carbocycles. The number of aromatic nitrogens is 4. The fourth-order valence-electron chi connectivity index (χ4n) is 1.78. The van der Waals surface area contributed by atoms with Gasteiger partial charge in [-0.15, -0.1) is 10.2 Å². The molecule has 1 aromatic carbocycles. The minimum atomic E-state index is -1.86. The monoisotopic (exact) mass is 217 g/mol. The number of benzene rings is 1. The Hall–Kier alpha value is -2.28. The van der Waals surface area contributed by atoms with Gasteiger partial charge in [0, 0.05) is 11.3 Å². The molecule has 0 radical (unpaired) electrons. The highest BCUT2D eigenvalue weighted by Gasteiger charge is 2.50. The zero-order valence-corrected chi connectivity index (χ0v) is 8.01. The summed E-state index contributed by atoms with van der Waals surface area (Å²) in [6.45, 7) is 0. The van der Waals surface area contributed by atoms with Crippen molar-refractivity contribution in [3.63, 3.8) is 0 Å². The van der Waals surface area contributed by atoms with Gasteiger partial charge in [0.1, 0.15) is 0 Å². The summed E-state index contributed by atoms with van der Waals surface area (Å²) in [6, 6.07) is 6.83. The van der Waals surface area contributed by atoms with Crippen LogP contribution in [0.25, 0.3) is 0 Å². The number of H-pyrrole nitrogens is 1. The molecule has 1 aliphatic rings. The van der Waals surface area contributed by atoms with E-state index in [-0.39, 0.29) is 5.82 Å². The maximum atomic E-state index is 11.8. The van der Waals surface area contributed by atoms with Crippen LogP contribution in [0.2, 0.25) is 0 Å². The zero-order chi connectivity index (χ0) is 11.2. The van der Waals surface area contributed by atoms with E-state index in [4.69, 9.17) is 0 Å². The number of aromatic amines is 1. The molecule has 80 valence electrons. The van der Waals surface area contributed by atoms with Crippen LogP contribution in [0.3, 0.4) is 0 Å². The first-order valence-corrected chi connectivity index (χ1v) is 4.60. The van der Waals surface area contributed by atoms with Crippen molar-refractivity contribution in [3.8, 4) is 0 Å². The number of anilines is 1. The number of rotatable bonds is 1. The molecule has 2 aromatic rings. The van der Waals surface area contributed by atoms with Crippen LogP contribution in [0.4, 0.5) is 5.69 Å². The smallest absolute Gasteiger partial charge is 0.269 e. The maximum absolute atomic E-state index is 11.8. The van der Waals surface area contributed by atoms with Crippen molar-refractivity contribution >= 4 is 11.6 Å². The summed E-state index contributed by atoms with van der Waals surface area (Å²) < 4.78 is 0. The largest absolute Gasteiger partial charge is 0.369 e. The highest BCUT2D eigenvalue weighted by atomic mass is 16.3. The molecule has 7 heteroatoms. The van der Waals surface area contributed by atoms with E-state index in [1.165, 1.54) is 0 Å². The number of carbonyl (C=O) groups is 1. The number of carbonyl (C=O) groups excluding carboxylic acids is 1. The van der Waals surface area contributed by atoms with Gasteiger partial charge in [0.25, 0.3) is 5.91 Å². The highest BCUT2D eigenvalue weighted by Crippen LogP contribution is 2.38. The predicted octanol–water partition coefficient (Wildman–Crippen LogP) is -0.612. The van der Waals surface area contributed by atoms with E-state index in [1.807, 2.05) is 0 Å². The lowest BCUT2D eigenvalue weighted by molar-refractivity contribution is -0.130. The summed E-state index contributed by atoms with van der Waals surface area (Å²) in [7, 11) is 0. The Morgan fingerprint density at radius 1 is 1.31 bits per heavy atom. The summed E-state index contributed by atoms with van der Waals surface area (Å²) in [5.74, 6) is -0.634. The average Bonchev–Trinajstić information content (AvgIpc) is 2.89. The van der Waals surface area contributed by atoms with Crippen LogP contribution in [-0.4, -0.2) is 31.6 Å². The van der Waals surface area contributed by atoms with Gasteiger partial charge in [0.15, 0.2) is 0 Å². The maximum Gasteiger partial charge on any atom is 0.269 e. The standard InChI is InChI=1S/C9H7N5O2/c15-8-9(16,7-11-13-14-12-7)5-3-1-2-4-6(5)10-8/h1-4,16H,(H,10,15)(H,11,12,13,14)/t9-/m1/s1. The molecule has 0 aliphatic carbocycles. The molecule has 0 saturated heterocycles. The number of nitrogens with one attached hydrogen (secondary N) is 2. The molecule has 3 rings (SSSR count). The summed E-state index contributed by atoms with van der Waals surface area (Å²) in [5.41, 5.74) is -0.870. The van der Waals surface area contributed by atoms with Gasteiger partial charge in [-0.1, -0.05) is 23.4 Å². The first-order valence-electron chi connectivity index (χ1n) is 4.60. The fraction of sp³-hybridized carbons (Fsp3) is 0.111. The second-order valence-electron chi connectivity index (χ2n) is 3.45. The Morgan fingerprint density at radius 3 is 2.88 bits per heavy atom. The molecule has 0 spiro atoms. The SMILES string of the molecule is O=C1Nc2ccccc2[C@@]1(O)c1nn[nH]n1. The molecule has 16 heavy (non-hydrogen) atoms. The normalized spacial score (nSPS) is 22.9. The number of amides is 1. The van der Waals surface area contributed by atoms with E-state index in [2.05, 4.69) is 25.9 Å². The van der Waals surface area contributed by atoms with Crippen molar-refractivity contribution in [2.45, 2.75) is 5.60 Å². The van der Waals surface area contributed by atoms with E-state index >= 15 is 0 Å². The van der Waals surface area contributed by atoms with Crippen LogP contribution in [0.5, 0.6) is 0 Å². The lowest BCUT2D eigenvalue weighted by Gasteiger charge is -2.15. The van der Waals surface area contributed by atoms with Crippen LogP contribution in [0.1, 0.15) is 11.4 Å². The summed E-state index contributed by atoms with van der Waals surface area (Å²) >= 11 is 0. The zero-order valence-electron chi connectivity index (χ0n) is 8.01. The van der Waals surface area contributed by atoms with Crippen LogP contribution in [-0.2, 0) is 10.4 Å². The molecule has 0 fully saturated rings. The number of tetrazole rings is 1. The third-order valence-corrected chi connectivity index (χ3v) is 2.56. The molecule has 0 bridgehead atoms. The number of hydrogen-bond donors (Lipinski definition) is 3. The second-order valence-corrected chi connectivity index (χ2v) is 3.45. The highest BCUT2D eigenvalue weighted by molar-refractivity contribution is 6.06. The first-order chi connectivity index (χ1) is 7.73. The minimum absolute atomic E-state index is 0.0602. The molecule has 3 N–H and O–H groups in total.